The van der Waals surface area contributed by atoms with E-state index in [0.29, 0.717) is 5.41 Å². The lowest BCUT2D eigenvalue weighted by Gasteiger charge is -2.40. The summed E-state index contributed by atoms with van der Waals surface area (Å²) >= 11 is 0. The van der Waals surface area contributed by atoms with Crippen molar-refractivity contribution in [3.8, 4) is 0 Å². The molecule has 2 rings (SSSR count). The molecule has 20 heavy (non-hydrogen) atoms. The van der Waals surface area contributed by atoms with Gasteiger partial charge in [0, 0.05) is 32.8 Å². The highest BCUT2D eigenvalue weighted by molar-refractivity contribution is 4.89. The van der Waals surface area contributed by atoms with E-state index in [0.717, 1.165) is 25.7 Å². The lowest BCUT2D eigenvalue weighted by atomic mass is 9.79. The summed E-state index contributed by atoms with van der Waals surface area (Å²) in [5.41, 5.74) is 0.467. The number of likely N-dealkylation sites (tertiary alicyclic amines) is 1. The van der Waals surface area contributed by atoms with Gasteiger partial charge >= 0.3 is 0 Å². The molecule has 0 aliphatic carbocycles. The van der Waals surface area contributed by atoms with Crippen LogP contribution in [0.5, 0.6) is 0 Å². The van der Waals surface area contributed by atoms with Gasteiger partial charge in [-0.2, -0.15) is 0 Å². The number of nitrogens with zero attached hydrogens (tertiary/aromatic N) is 1. The molecule has 0 radical (unpaired) electrons. The van der Waals surface area contributed by atoms with E-state index in [9.17, 15) is 0 Å². The maximum absolute atomic E-state index is 5.61. The molecule has 0 saturated carbocycles. The lowest BCUT2D eigenvalue weighted by Crippen LogP contribution is -2.47. The van der Waals surface area contributed by atoms with Gasteiger partial charge in [0.1, 0.15) is 0 Å². The van der Waals surface area contributed by atoms with Gasteiger partial charge < -0.3 is 15.0 Å². The fraction of sp³-hybridized carbons (Fsp3) is 1.00. The standard InChI is InChI=1S/C17H34N2O/c1-3-5-16-6-10-19(13-16)15-17(14-18-9-4-2)7-11-20-12-8-17/h16,18H,3-15H2,1-2H3. The van der Waals surface area contributed by atoms with Crippen molar-refractivity contribution in [2.24, 2.45) is 11.3 Å². The third-order valence-electron chi connectivity index (χ3n) is 5.11. The van der Waals surface area contributed by atoms with E-state index in [4.69, 9.17) is 4.74 Å². The largest absolute Gasteiger partial charge is 0.381 e. The van der Waals surface area contributed by atoms with Crippen LogP contribution in [-0.2, 0) is 4.74 Å². The van der Waals surface area contributed by atoms with E-state index in [2.05, 4.69) is 24.1 Å². The Hall–Kier alpha value is -0.120. The van der Waals surface area contributed by atoms with Crippen molar-refractivity contribution in [2.75, 3.05) is 45.9 Å². The molecule has 0 aromatic heterocycles. The second kappa shape index (κ2) is 8.35. The molecule has 2 fully saturated rings. The lowest BCUT2D eigenvalue weighted by molar-refractivity contribution is -0.00138. The zero-order chi connectivity index (χ0) is 14.3. The third kappa shape index (κ3) is 4.71. The van der Waals surface area contributed by atoms with Crippen molar-refractivity contribution in [3.63, 3.8) is 0 Å². The fourth-order valence-electron chi connectivity index (χ4n) is 3.90. The van der Waals surface area contributed by atoms with Crippen molar-refractivity contribution < 1.29 is 4.74 Å². The van der Waals surface area contributed by atoms with Gasteiger partial charge in [0.25, 0.3) is 0 Å². The molecule has 2 heterocycles. The molecule has 3 nitrogen and oxygen atoms in total. The van der Waals surface area contributed by atoms with Gasteiger partial charge in [0.15, 0.2) is 0 Å². The molecule has 2 aliphatic heterocycles. The van der Waals surface area contributed by atoms with Gasteiger partial charge in [0.2, 0.25) is 0 Å². The molecule has 2 aliphatic rings. The van der Waals surface area contributed by atoms with Crippen LogP contribution in [0, 0.1) is 11.3 Å². The van der Waals surface area contributed by atoms with Crippen LogP contribution in [0.1, 0.15) is 52.4 Å². The van der Waals surface area contributed by atoms with Gasteiger partial charge in [-0.15, -0.1) is 0 Å². The number of rotatable bonds is 8. The van der Waals surface area contributed by atoms with E-state index >= 15 is 0 Å². The van der Waals surface area contributed by atoms with Crippen LogP contribution in [0.3, 0.4) is 0 Å². The Morgan fingerprint density at radius 1 is 1.20 bits per heavy atom. The van der Waals surface area contributed by atoms with Crippen LogP contribution in [0.25, 0.3) is 0 Å². The smallest absolute Gasteiger partial charge is 0.0472 e. The van der Waals surface area contributed by atoms with Crippen LogP contribution in [0.2, 0.25) is 0 Å². The topological polar surface area (TPSA) is 24.5 Å². The minimum absolute atomic E-state index is 0.467. The van der Waals surface area contributed by atoms with Crippen LogP contribution in [0.4, 0.5) is 0 Å². The minimum atomic E-state index is 0.467. The number of hydrogen-bond donors (Lipinski definition) is 1. The maximum atomic E-state index is 5.61. The van der Waals surface area contributed by atoms with Crippen LogP contribution in [-0.4, -0.2) is 50.8 Å². The average molecular weight is 282 g/mol. The number of nitrogens with one attached hydrogen (secondary N) is 1. The second-order valence-corrected chi connectivity index (χ2v) is 6.97. The normalized spacial score (nSPS) is 27.0. The first-order chi connectivity index (χ1) is 9.78. The summed E-state index contributed by atoms with van der Waals surface area (Å²) in [5.74, 6) is 0.959. The molecule has 2 saturated heterocycles. The predicted molar refractivity (Wildman–Crippen MR) is 85.1 cm³/mol. The highest BCUT2D eigenvalue weighted by Gasteiger charge is 2.36. The summed E-state index contributed by atoms with van der Waals surface area (Å²) < 4.78 is 5.61. The molecule has 1 N–H and O–H groups in total. The molecule has 0 amide bonds. The Morgan fingerprint density at radius 3 is 2.70 bits per heavy atom. The average Bonchev–Trinajstić information content (AvgIpc) is 2.88. The first kappa shape index (κ1) is 16.3. The predicted octanol–water partition coefficient (Wildman–Crippen LogP) is 2.90. The summed E-state index contributed by atoms with van der Waals surface area (Å²) in [6.45, 7) is 12.8. The third-order valence-corrected chi connectivity index (χ3v) is 5.11. The van der Waals surface area contributed by atoms with E-state index < -0.39 is 0 Å². The molecular weight excluding hydrogens is 248 g/mol. The Kier molecular flexibility index (Phi) is 6.79. The van der Waals surface area contributed by atoms with Crippen molar-refractivity contribution in [1.82, 2.24) is 10.2 Å². The van der Waals surface area contributed by atoms with Gasteiger partial charge in [-0.25, -0.2) is 0 Å². The first-order valence-corrected chi connectivity index (χ1v) is 8.79. The molecule has 0 bridgehead atoms. The maximum Gasteiger partial charge on any atom is 0.0472 e. The quantitative estimate of drug-likeness (QED) is 0.693. The van der Waals surface area contributed by atoms with Crippen LogP contribution < -0.4 is 5.32 Å². The number of hydrogen-bond acceptors (Lipinski definition) is 3. The highest BCUT2D eigenvalue weighted by Crippen LogP contribution is 2.33. The van der Waals surface area contributed by atoms with E-state index in [1.807, 2.05) is 0 Å². The molecule has 0 aromatic carbocycles. The number of ether oxygens (including phenoxy) is 1. The van der Waals surface area contributed by atoms with Crippen molar-refractivity contribution >= 4 is 0 Å². The van der Waals surface area contributed by atoms with Crippen LogP contribution >= 0.6 is 0 Å². The molecule has 0 aromatic rings. The van der Waals surface area contributed by atoms with Gasteiger partial charge in [-0.3, -0.25) is 0 Å². The zero-order valence-electron chi connectivity index (χ0n) is 13.6. The molecular formula is C17H34N2O. The minimum Gasteiger partial charge on any atom is -0.381 e. The van der Waals surface area contributed by atoms with Crippen molar-refractivity contribution in [2.45, 2.75) is 52.4 Å². The van der Waals surface area contributed by atoms with E-state index in [1.54, 1.807) is 0 Å². The summed E-state index contributed by atoms with van der Waals surface area (Å²) in [7, 11) is 0. The van der Waals surface area contributed by atoms with Gasteiger partial charge in [-0.1, -0.05) is 20.3 Å². The van der Waals surface area contributed by atoms with Crippen LogP contribution in [0.15, 0.2) is 0 Å². The van der Waals surface area contributed by atoms with Crippen molar-refractivity contribution in [1.29, 1.82) is 0 Å². The monoisotopic (exact) mass is 282 g/mol. The fourth-order valence-corrected chi connectivity index (χ4v) is 3.90. The Bertz CT molecular complexity index is 264. The molecule has 3 heteroatoms. The summed E-state index contributed by atoms with van der Waals surface area (Å²) in [5, 5.41) is 3.67. The van der Waals surface area contributed by atoms with Gasteiger partial charge in [-0.05, 0) is 56.5 Å². The summed E-state index contributed by atoms with van der Waals surface area (Å²) in [6, 6.07) is 0. The highest BCUT2D eigenvalue weighted by atomic mass is 16.5. The summed E-state index contributed by atoms with van der Waals surface area (Å²) in [4.78, 5) is 2.74. The zero-order valence-corrected chi connectivity index (χ0v) is 13.6. The second-order valence-electron chi connectivity index (χ2n) is 6.97. The Balaban J connectivity index is 1.84. The Morgan fingerprint density at radius 2 is 2.00 bits per heavy atom. The summed E-state index contributed by atoms with van der Waals surface area (Å²) in [6.07, 6.45) is 7.88. The van der Waals surface area contributed by atoms with E-state index in [-0.39, 0.29) is 0 Å². The van der Waals surface area contributed by atoms with E-state index in [1.165, 1.54) is 64.7 Å². The molecule has 1 unspecified atom stereocenters. The van der Waals surface area contributed by atoms with Crippen molar-refractivity contribution in [3.05, 3.63) is 0 Å². The van der Waals surface area contributed by atoms with Gasteiger partial charge in [0.05, 0.1) is 0 Å². The molecule has 1 atom stereocenters. The Labute approximate surface area is 125 Å². The SMILES string of the molecule is CCCNCC1(CN2CCC(CCC)C2)CCOCC1. The first-order valence-electron chi connectivity index (χ1n) is 8.79. The molecule has 0 spiro atoms. The molecule has 118 valence electrons.